The van der Waals surface area contributed by atoms with E-state index in [0.717, 1.165) is 0 Å². The van der Waals surface area contributed by atoms with Crippen LogP contribution in [0.5, 0.6) is 5.75 Å². The predicted octanol–water partition coefficient (Wildman–Crippen LogP) is 1.35. The van der Waals surface area contributed by atoms with Crippen LogP contribution in [0, 0.1) is 23.3 Å². The van der Waals surface area contributed by atoms with Crippen LogP contribution in [0.4, 0.5) is 17.6 Å². The van der Waals surface area contributed by atoms with Crippen LogP contribution < -0.4 is 0 Å². The molecule has 8 heteroatoms. The molecular formula is C7H4F4O3S. The number of rotatable bonds is 1. The fourth-order valence-electron chi connectivity index (χ4n) is 0.926. The highest BCUT2D eigenvalue weighted by Crippen LogP contribution is 2.31. The summed E-state index contributed by atoms with van der Waals surface area (Å²) in [6.07, 6.45) is 0.379. The highest BCUT2D eigenvalue weighted by Gasteiger charge is 2.30. The minimum absolute atomic E-state index is 0.379. The van der Waals surface area contributed by atoms with E-state index >= 15 is 0 Å². The number of sulfone groups is 1. The zero-order valence-electron chi connectivity index (χ0n) is 7.18. The number of phenolic OH excluding ortho intramolecular Hbond substituents is 1. The van der Waals surface area contributed by atoms with Gasteiger partial charge in [-0.2, -0.15) is 8.78 Å². The Morgan fingerprint density at radius 3 is 1.53 bits per heavy atom. The molecule has 0 aromatic heterocycles. The number of aromatic hydroxyl groups is 1. The zero-order valence-corrected chi connectivity index (χ0v) is 8.00. The molecule has 15 heavy (non-hydrogen) atoms. The Balaban J connectivity index is 3.84. The maximum atomic E-state index is 12.9. The third-order valence-corrected chi connectivity index (χ3v) is 2.67. The molecule has 84 valence electrons. The average molecular weight is 244 g/mol. The second kappa shape index (κ2) is 3.37. The summed E-state index contributed by atoms with van der Waals surface area (Å²) in [6, 6.07) is 0. The first-order chi connectivity index (χ1) is 6.68. The van der Waals surface area contributed by atoms with Gasteiger partial charge >= 0.3 is 0 Å². The largest absolute Gasteiger partial charge is 0.503 e. The van der Waals surface area contributed by atoms with Gasteiger partial charge in [0.1, 0.15) is 4.90 Å². The number of hydrogen-bond donors (Lipinski definition) is 1. The van der Waals surface area contributed by atoms with Crippen molar-refractivity contribution in [3.8, 4) is 5.75 Å². The van der Waals surface area contributed by atoms with Crippen molar-refractivity contribution in [2.45, 2.75) is 4.90 Å². The van der Waals surface area contributed by atoms with Crippen molar-refractivity contribution in [2.75, 3.05) is 6.26 Å². The summed E-state index contributed by atoms with van der Waals surface area (Å²) in [4.78, 5) is -1.74. The van der Waals surface area contributed by atoms with Gasteiger partial charge in [0, 0.05) is 6.26 Å². The first kappa shape index (κ1) is 11.8. The van der Waals surface area contributed by atoms with Crippen molar-refractivity contribution in [2.24, 2.45) is 0 Å². The Labute approximate surface area is 81.9 Å². The Bertz CT molecular complexity index is 495. The maximum absolute atomic E-state index is 12.9. The molecule has 0 aliphatic heterocycles. The number of hydrogen-bond acceptors (Lipinski definition) is 3. The molecule has 1 aromatic rings. The molecule has 0 saturated carbocycles. The molecule has 0 saturated heterocycles. The summed E-state index contributed by atoms with van der Waals surface area (Å²) in [5, 5.41) is 8.53. The Morgan fingerprint density at radius 1 is 0.933 bits per heavy atom. The third-order valence-electron chi connectivity index (χ3n) is 1.57. The molecule has 1 aromatic carbocycles. The van der Waals surface area contributed by atoms with E-state index in [1.807, 2.05) is 0 Å². The second-order valence-corrected chi connectivity index (χ2v) is 4.66. The Morgan fingerprint density at radius 2 is 1.27 bits per heavy atom. The highest BCUT2D eigenvalue weighted by molar-refractivity contribution is 7.90. The molecule has 1 N–H and O–H groups in total. The van der Waals surface area contributed by atoms with Gasteiger partial charge in [-0.1, -0.05) is 0 Å². The lowest BCUT2D eigenvalue weighted by Crippen LogP contribution is -2.09. The van der Waals surface area contributed by atoms with Crippen molar-refractivity contribution in [3.63, 3.8) is 0 Å². The van der Waals surface area contributed by atoms with E-state index in [-0.39, 0.29) is 0 Å². The second-order valence-electron chi connectivity index (χ2n) is 2.71. The highest BCUT2D eigenvalue weighted by atomic mass is 32.2. The molecule has 0 bridgehead atoms. The van der Waals surface area contributed by atoms with Gasteiger partial charge in [-0.3, -0.25) is 0 Å². The van der Waals surface area contributed by atoms with Crippen molar-refractivity contribution < 1.29 is 31.1 Å². The van der Waals surface area contributed by atoms with Crippen LogP contribution in [-0.2, 0) is 9.84 Å². The number of phenols is 1. The fourth-order valence-corrected chi connectivity index (χ4v) is 1.76. The lowest BCUT2D eigenvalue weighted by molar-refractivity contribution is 0.342. The minimum atomic E-state index is -4.47. The van der Waals surface area contributed by atoms with E-state index in [1.165, 1.54) is 0 Å². The molecule has 0 fully saturated rings. The van der Waals surface area contributed by atoms with Crippen molar-refractivity contribution >= 4 is 9.84 Å². The lowest BCUT2D eigenvalue weighted by Gasteiger charge is -2.06. The van der Waals surface area contributed by atoms with Crippen LogP contribution in [0.15, 0.2) is 4.90 Å². The topological polar surface area (TPSA) is 54.4 Å². The molecule has 0 spiro atoms. The van der Waals surface area contributed by atoms with E-state index in [2.05, 4.69) is 0 Å². The van der Waals surface area contributed by atoms with Gasteiger partial charge in [0.05, 0.1) is 0 Å². The smallest absolute Gasteiger partial charge is 0.205 e. The SMILES string of the molecule is CS(=O)(=O)c1c(F)c(F)c(O)c(F)c1F. The molecule has 0 heterocycles. The van der Waals surface area contributed by atoms with Gasteiger partial charge in [-0.15, -0.1) is 0 Å². The van der Waals surface area contributed by atoms with Gasteiger partial charge in [0.25, 0.3) is 0 Å². The quantitative estimate of drug-likeness (QED) is 0.599. The first-order valence-corrected chi connectivity index (χ1v) is 5.32. The third kappa shape index (κ3) is 1.76. The molecule has 0 radical (unpaired) electrons. The van der Waals surface area contributed by atoms with Gasteiger partial charge in [0.2, 0.25) is 11.6 Å². The monoisotopic (exact) mass is 244 g/mol. The number of benzene rings is 1. The van der Waals surface area contributed by atoms with Crippen LogP contribution >= 0.6 is 0 Å². The van der Waals surface area contributed by atoms with Crippen LogP contribution in [0.2, 0.25) is 0 Å². The fraction of sp³-hybridized carbons (Fsp3) is 0.143. The Hall–Kier alpha value is -1.31. The zero-order chi connectivity index (χ0) is 12.0. The summed E-state index contributed by atoms with van der Waals surface area (Å²) in [6.45, 7) is 0. The average Bonchev–Trinajstić information content (AvgIpc) is 2.09. The van der Waals surface area contributed by atoms with Crippen molar-refractivity contribution in [1.82, 2.24) is 0 Å². The standard InChI is InChI=1S/C7H4F4O3S/c1-15(13,14)7-4(10)2(8)6(12)3(9)5(7)11/h12H,1H3. The van der Waals surface area contributed by atoms with E-state index in [0.29, 0.717) is 6.26 Å². The summed E-state index contributed by atoms with van der Waals surface area (Å²) in [5.41, 5.74) is 0. The molecule has 0 atom stereocenters. The van der Waals surface area contributed by atoms with E-state index in [4.69, 9.17) is 5.11 Å². The van der Waals surface area contributed by atoms with Crippen molar-refractivity contribution in [3.05, 3.63) is 23.3 Å². The predicted molar refractivity (Wildman–Crippen MR) is 41.0 cm³/mol. The van der Waals surface area contributed by atoms with Crippen molar-refractivity contribution in [1.29, 1.82) is 0 Å². The van der Waals surface area contributed by atoms with Gasteiger partial charge in [-0.05, 0) is 0 Å². The normalized spacial score (nSPS) is 11.8. The summed E-state index contributed by atoms with van der Waals surface area (Å²) >= 11 is 0. The maximum Gasteiger partial charge on any atom is 0.205 e. The van der Waals surface area contributed by atoms with Crippen LogP contribution in [0.1, 0.15) is 0 Å². The van der Waals surface area contributed by atoms with Crippen LogP contribution in [0.25, 0.3) is 0 Å². The molecule has 0 amide bonds. The summed E-state index contributed by atoms with van der Waals surface area (Å²) < 4.78 is 72.7. The van der Waals surface area contributed by atoms with Gasteiger partial charge in [-0.25, -0.2) is 17.2 Å². The molecule has 0 aliphatic rings. The van der Waals surface area contributed by atoms with Gasteiger partial charge in [0.15, 0.2) is 27.2 Å². The summed E-state index contributed by atoms with van der Waals surface area (Å²) in [7, 11) is -4.47. The molecule has 0 aliphatic carbocycles. The van der Waals surface area contributed by atoms with E-state index < -0.39 is 43.8 Å². The molecule has 0 unspecified atom stereocenters. The van der Waals surface area contributed by atoms with Crippen LogP contribution in [0.3, 0.4) is 0 Å². The van der Waals surface area contributed by atoms with Crippen LogP contribution in [-0.4, -0.2) is 19.8 Å². The molecular weight excluding hydrogens is 240 g/mol. The molecule has 3 nitrogen and oxygen atoms in total. The molecule has 1 rings (SSSR count). The summed E-state index contributed by atoms with van der Waals surface area (Å²) in [5.74, 6) is -10.5. The van der Waals surface area contributed by atoms with E-state index in [1.54, 1.807) is 0 Å². The Kier molecular flexibility index (Phi) is 2.64. The van der Waals surface area contributed by atoms with Gasteiger partial charge < -0.3 is 5.11 Å². The minimum Gasteiger partial charge on any atom is -0.503 e. The lowest BCUT2D eigenvalue weighted by atomic mass is 10.3. The number of halogens is 4. The van der Waals surface area contributed by atoms with E-state index in [9.17, 15) is 26.0 Å². The first-order valence-electron chi connectivity index (χ1n) is 3.43.